The zero-order valence-electron chi connectivity index (χ0n) is 12.5. The van der Waals surface area contributed by atoms with Gasteiger partial charge in [-0.3, -0.25) is 0 Å². The minimum Gasteiger partial charge on any atom is -0.381 e. The average Bonchev–Trinajstić information content (AvgIpc) is 2.99. The van der Waals surface area contributed by atoms with Crippen LogP contribution in [0.4, 0.5) is 5.82 Å². The van der Waals surface area contributed by atoms with Crippen molar-refractivity contribution in [1.29, 1.82) is 0 Å². The van der Waals surface area contributed by atoms with Crippen molar-refractivity contribution in [2.45, 2.75) is 37.6 Å². The second-order valence-corrected chi connectivity index (χ2v) is 7.05. The van der Waals surface area contributed by atoms with Gasteiger partial charge in [-0.25, -0.2) is 18.1 Å². The van der Waals surface area contributed by atoms with Crippen LogP contribution in [-0.4, -0.2) is 39.2 Å². The third kappa shape index (κ3) is 4.39. The Morgan fingerprint density at radius 2 is 2.33 bits per heavy atom. The Bertz CT molecular complexity index is 556. The molecule has 2 heterocycles. The molecule has 6 nitrogen and oxygen atoms in total. The van der Waals surface area contributed by atoms with Crippen LogP contribution in [0.3, 0.4) is 0 Å². The van der Waals surface area contributed by atoms with Crippen molar-refractivity contribution in [3.8, 4) is 0 Å². The van der Waals surface area contributed by atoms with Gasteiger partial charge in [0.1, 0.15) is 5.82 Å². The molecule has 0 aromatic carbocycles. The highest BCUT2D eigenvalue weighted by atomic mass is 32.2. The lowest BCUT2D eigenvalue weighted by Gasteiger charge is -2.19. The summed E-state index contributed by atoms with van der Waals surface area (Å²) in [6, 6.07) is 2.94. The van der Waals surface area contributed by atoms with Crippen molar-refractivity contribution in [2.24, 2.45) is 5.92 Å². The Morgan fingerprint density at radius 3 is 3.00 bits per heavy atom. The summed E-state index contributed by atoms with van der Waals surface area (Å²) < 4.78 is 32.9. The van der Waals surface area contributed by atoms with Crippen LogP contribution in [0.5, 0.6) is 0 Å². The van der Waals surface area contributed by atoms with Crippen molar-refractivity contribution in [2.75, 3.05) is 25.1 Å². The minimum absolute atomic E-state index is 0.141. The number of nitrogens with zero attached hydrogens (tertiary/aromatic N) is 1. The Kier molecular flexibility index (Phi) is 5.55. The first kappa shape index (κ1) is 16.2. The maximum atomic E-state index is 12.4. The second-order valence-electron chi connectivity index (χ2n) is 5.34. The summed E-state index contributed by atoms with van der Waals surface area (Å²) in [5.41, 5.74) is 0. The van der Waals surface area contributed by atoms with E-state index in [2.05, 4.69) is 15.0 Å². The number of anilines is 1. The molecule has 0 spiro atoms. The largest absolute Gasteiger partial charge is 0.381 e. The van der Waals surface area contributed by atoms with Crippen molar-refractivity contribution in [1.82, 2.24) is 9.71 Å². The lowest BCUT2D eigenvalue weighted by Crippen LogP contribution is -2.38. The topological polar surface area (TPSA) is 80.3 Å². The number of pyridine rings is 1. The fourth-order valence-corrected chi connectivity index (χ4v) is 3.61. The summed E-state index contributed by atoms with van der Waals surface area (Å²) in [6.45, 7) is 6.01. The van der Waals surface area contributed by atoms with Gasteiger partial charge in [-0.1, -0.05) is 6.92 Å². The molecule has 1 saturated heterocycles. The maximum absolute atomic E-state index is 12.4. The smallest absolute Gasteiger partial charge is 0.241 e. The highest BCUT2D eigenvalue weighted by molar-refractivity contribution is 7.89. The number of hydrogen-bond donors (Lipinski definition) is 2. The number of sulfonamides is 1. The SMILES string of the molecule is CCCNc1cc(S(=O)(=O)NC(C)C2CCOC2)ccn1. The van der Waals surface area contributed by atoms with Gasteiger partial charge in [0, 0.05) is 37.4 Å². The number of hydrogen-bond acceptors (Lipinski definition) is 5. The molecular formula is C14H23N3O3S. The summed E-state index contributed by atoms with van der Waals surface area (Å²) >= 11 is 0. The second kappa shape index (κ2) is 7.20. The van der Waals surface area contributed by atoms with Gasteiger partial charge in [-0.15, -0.1) is 0 Å². The van der Waals surface area contributed by atoms with Gasteiger partial charge < -0.3 is 10.1 Å². The molecule has 0 bridgehead atoms. The van der Waals surface area contributed by atoms with Crippen LogP contribution in [0.1, 0.15) is 26.7 Å². The first-order valence-corrected chi connectivity index (χ1v) is 8.81. The first-order chi connectivity index (χ1) is 10.0. The molecule has 2 N–H and O–H groups in total. The Balaban J connectivity index is 2.07. The molecule has 1 aromatic heterocycles. The Morgan fingerprint density at radius 1 is 1.52 bits per heavy atom. The maximum Gasteiger partial charge on any atom is 0.241 e. The molecule has 0 radical (unpaired) electrons. The molecule has 0 amide bonds. The summed E-state index contributed by atoms with van der Waals surface area (Å²) in [7, 11) is -3.53. The molecule has 118 valence electrons. The fourth-order valence-electron chi connectivity index (χ4n) is 2.28. The van der Waals surface area contributed by atoms with Gasteiger partial charge in [-0.05, 0) is 25.8 Å². The van der Waals surface area contributed by atoms with Crippen LogP contribution in [0.15, 0.2) is 23.2 Å². The van der Waals surface area contributed by atoms with Crippen LogP contribution in [-0.2, 0) is 14.8 Å². The van der Waals surface area contributed by atoms with E-state index in [9.17, 15) is 8.42 Å². The van der Waals surface area contributed by atoms with E-state index in [0.717, 1.165) is 19.4 Å². The summed E-state index contributed by atoms with van der Waals surface area (Å²) in [5, 5.41) is 3.09. The summed E-state index contributed by atoms with van der Waals surface area (Å²) in [5.74, 6) is 0.816. The predicted octanol–water partition coefficient (Wildman–Crippen LogP) is 1.61. The summed E-state index contributed by atoms with van der Waals surface area (Å²) in [4.78, 5) is 4.36. The van der Waals surface area contributed by atoms with Gasteiger partial charge in [0.2, 0.25) is 10.0 Å². The number of nitrogens with one attached hydrogen (secondary N) is 2. The van der Waals surface area contributed by atoms with Gasteiger partial charge in [0.25, 0.3) is 0 Å². The highest BCUT2D eigenvalue weighted by Gasteiger charge is 2.26. The van der Waals surface area contributed by atoms with E-state index in [-0.39, 0.29) is 16.9 Å². The molecular weight excluding hydrogens is 290 g/mol. The van der Waals surface area contributed by atoms with E-state index >= 15 is 0 Å². The van der Waals surface area contributed by atoms with Crippen LogP contribution < -0.4 is 10.0 Å². The van der Waals surface area contributed by atoms with Crippen molar-refractivity contribution in [3.63, 3.8) is 0 Å². The van der Waals surface area contributed by atoms with E-state index < -0.39 is 10.0 Å². The molecule has 0 aliphatic carbocycles. The van der Waals surface area contributed by atoms with Gasteiger partial charge >= 0.3 is 0 Å². The predicted molar refractivity (Wildman–Crippen MR) is 81.7 cm³/mol. The molecule has 1 aromatic rings. The monoisotopic (exact) mass is 313 g/mol. The van der Waals surface area contributed by atoms with Gasteiger partial charge in [0.05, 0.1) is 11.5 Å². The third-order valence-electron chi connectivity index (χ3n) is 3.61. The molecule has 2 atom stereocenters. The van der Waals surface area contributed by atoms with E-state index in [4.69, 9.17) is 4.74 Å². The fraction of sp³-hybridized carbons (Fsp3) is 0.643. The molecule has 2 unspecified atom stereocenters. The molecule has 0 saturated carbocycles. The molecule has 1 aliphatic rings. The normalized spacial score (nSPS) is 20.4. The standard InChI is InChI=1S/C14H23N3O3S/c1-3-6-15-14-9-13(4-7-16-14)21(18,19)17-11(2)12-5-8-20-10-12/h4,7,9,11-12,17H,3,5-6,8,10H2,1-2H3,(H,15,16). The quantitative estimate of drug-likeness (QED) is 0.799. The lowest BCUT2D eigenvalue weighted by atomic mass is 10.0. The van der Waals surface area contributed by atoms with E-state index in [1.54, 1.807) is 6.07 Å². The molecule has 1 aliphatic heterocycles. The first-order valence-electron chi connectivity index (χ1n) is 7.33. The highest BCUT2D eigenvalue weighted by Crippen LogP contribution is 2.19. The number of aromatic nitrogens is 1. The third-order valence-corrected chi connectivity index (χ3v) is 5.17. The van der Waals surface area contributed by atoms with Crippen LogP contribution in [0.2, 0.25) is 0 Å². The zero-order valence-corrected chi connectivity index (χ0v) is 13.3. The van der Waals surface area contributed by atoms with E-state index in [1.165, 1.54) is 12.3 Å². The van der Waals surface area contributed by atoms with Crippen LogP contribution in [0, 0.1) is 5.92 Å². The molecule has 7 heteroatoms. The zero-order chi connectivity index (χ0) is 15.3. The lowest BCUT2D eigenvalue weighted by molar-refractivity contribution is 0.180. The van der Waals surface area contributed by atoms with E-state index in [1.807, 2.05) is 13.8 Å². The van der Waals surface area contributed by atoms with Gasteiger partial charge in [0.15, 0.2) is 0 Å². The Hall–Kier alpha value is -1.18. The summed E-state index contributed by atoms with van der Waals surface area (Å²) in [6.07, 6.45) is 3.36. The van der Waals surface area contributed by atoms with Crippen LogP contribution >= 0.6 is 0 Å². The van der Waals surface area contributed by atoms with E-state index in [0.29, 0.717) is 19.0 Å². The van der Waals surface area contributed by atoms with Crippen molar-refractivity contribution in [3.05, 3.63) is 18.3 Å². The van der Waals surface area contributed by atoms with Crippen molar-refractivity contribution >= 4 is 15.8 Å². The van der Waals surface area contributed by atoms with Crippen molar-refractivity contribution < 1.29 is 13.2 Å². The van der Waals surface area contributed by atoms with Crippen LogP contribution in [0.25, 0.3) is 0 Å². The molecule has 2 rings (SSSR count). The number of ether oxygens (including phenoxy) is 1. The van der Waals surface area contributed by atoms with Gasteiger partial charge in [-0.2, -0.15) is 0 Å². The molecule has 21 heavy (non-hydrogen) atoms. The Labute approximate surface area is 126 Å². The number of rotatable bonds is 7. The average molecular weight is 313 g/mol. The molecule has 1 fully saturated rings. The minimum atomic E-state index is -3.53.